The smallest absolute Gasteiger partial charge is 0.223 e. The molecule has 1 aliphatic carbocycles. The fourth-order valence-electron chi connectivity index (χ4n) is 2.26. The van der Waals surface area contributed by atoms with Crippen LogP contribution in [0.3, 0.4) is 0 Å². The minimum Gasteiger partial charge on any atom is -0.354 e. The van der Waals surface area contributed by atoms with Gasteiger partial charge in [-0.15, -0.1) is 0 Å². The first-order chi connectivity index (χ1) is 8.25. The summed E-state index contributed by atoms with van der Waals surface area (Å²) >= 11 is 5.75. The first kappa shape index (κ1) is 12.4. The van der Waals surface area contributed by atoms with E-state index in [2.05, 4.69) is 10.4 Å². The molecule has 0 bridgehead atoms. The lowest BCUT2D eigenvalue weighted by molar-refractivity contribution is -0.125. The van der Waals surface area contributed by atoms with Crippen molar-refractivity contribution < 1.29 is 4.79 Å². The molecule has 0 saturated heterocycles. The standard InChI is InChI=1S/C12H18ClN3O/c13-11-8-15-16(9-11)7-6-14-12(17)10-4-2-1-3-5-10/h8-10H,1-7H2,(H,14,17). The van der Waals surface area contributed by atoms with Gasteiger partial charge in [-0.2, -0.15) is 5.10 Å². The van der Waals surface area contributed by atoms with Crippen molar-refractivity contribution in [3.8, 4) is 0 Å². The number of halogens is 1. The molecule has 17 heavy (non-hydrogen) atoms. The van der Waals surface area contributed by atoms with Gasteiger partial charge in [0.15, 0.2) is 0 Å². The third kappa shape index (κ3) is 3.73. The van der Waals surface area contributed by atoms with Crippen LogP contribution in [0.25, 0.3) is 0 Å². The fraction of sp³-hybridized carbons (Fsp3) is 0.667. The molecule has 1 heterocycles. The molecule has 1 fully saturated rings. The van der Waals surface area contributed by atoms with Gasteiger partial charge in [-0.05, 0) is 12.8 Å². The SMILES string of the molecule is O=C(NCCn1cc(Cl)cn1)C1CCCCC1. The minimum atomic E-state index is 0.197. The van der Waals surface area contributed by atoms with Crippen molar-refractivity contribution in [3.63, 3.8) is 0 Å². The molecular weight excluding hydrogens is 238 g/mol. The summed E-state index contributed by atoms with van der Waals surface area (Å²) in [5.74, 6) is 0.424. The molecule has 0 aliphatic heterocycles. The summed E-state index contributed by atoms with van der Waals surface area (Å²) in [6.45, 7) is 1.29. The van der Waals surface area contributed by atoms with E-state index < -0.39 is 0 Å². The first-order valence-corrected chi connectivity index (χ1v) is 6.59. The predicted molar refractivity (Wildman–Crippen MR) is 66.8 cm³/mol. The Hall–Kier alpha value is -1.03. The largest absolute Gasteiger partial charge is 0.354 e. The highest BCUT2D eigenvalue weighted by atomic mass is 35.5. The van der Waals surface area contributed by atoms with Crippen molar-refractivity contribution in [2.45, 2.75) is 38.6 Å². The lowest BCUT2D eigenvalue weighted by atomic mass is 9.89. The Morgan fingerprint density at radius 2 is 2.24 bits per heavy atom. The van der Waals surface area contributed by atoms with Gasteiger partial charge in [0.05, 0.1) is 17.8 Å². The van der Waals surface area contributed by atoms with Crippen molar-refractivity contribution in [3.05, 3.63) is 17.4 Å². The number of hydrogen-bond donors (Lipinski definition) is 1. The van der Waals surface area contributed by atoms with Crippen LogP contribution in [-0.2, 0) is 11.3 Å². The third-order valence-electron chi connectivity index (χ3n) is 3.22. The Morgan fingerprint density at radius 3 is 2.88 bits per heavy atom. The monoisotopic (exact) mass is 255 g/mol. The van der Waals surface area contributed by atoms with Gasteiger partial charge < -0.3 is 5.32 Å². The number of amides is 1. The average Bonchev–Trinajstić information content (AvgIpc) is 2.76. The van der Waals surface area contributed by atoms with Crippen LogP contribution in [0.5, 0.6) is 0 Å². The predicted octanol–water partition coefficient (Wildman–Crippen LogP) is 2.23. The summed E-state index contributed by atoms with van der Waals surface area (Å²) in [4.78, 5) is 11.8. The quantitative estimate of drug-likeness (QED) is 0.897. The number of carbonyl (C=O) groups is 1. The van der Waals surface area contributed by atoms with E-state index in [9.17, 15) is 4.79 Å². The summed E-state index contributed by atoms with van der Waals surface area (Å²) in [6, 6.07) is 0. The number of rotatable bonds is 4. The van der Waals surface area contributed by atoms with Crippen molar-refractivity contribution in [1.29, 1.82) is 0 Å². The molecular formula is C12H18ClN3O. The molecule has 4 nitrogen and oxygen atoms in total. The van der Waals surface area contributed by atoms with E-state index in [1.807, 2.05) is 0 Å². The van der Waals surface area contributed by atoms with Crippen LogP contribution in [0.15, 0.2) is 12.4 Å². The molecule has 0 aromatic carbocycles. The number of nitrogens with zero attached hydrogens (tertiary/aromatic N) is 2. The van der Waals surface area contributed by atoms with Crippen LogP contribution in [-0.4, -0.2) is 22.2 Å². The lowest BCUT2D eigenvalue weighted by Crippen LogP contribution is -2.34. The Kier molecular flexibility index (Phi) is 4.42. The molecule has 0 radical (unpaired) electrons. The van der Waals surface area contributed by atoms with Crippen molar-refractivity contribution in [1.82, 2.24) is 15.1 Å². The summed E-state index contributed by atoms with van der Waals surface area (Å²) in [5, 5.41) is 7.65. The molecule has 0 spiro atoms. The van der Waals surface area contributed by atoms with Gasteiger partial charge in [0.2, 0.25) is 5.91 Å². The van der Waals surface area contributed by atoms with Gasteiger partial charge >= 0.3 is 0 Å². The summed E-state index contributed by atoms with van der Waals surface area (Å²) in [6.07, 6.45) is 9.09. The maximum Gasteiger partial charge on any atom is 0.223 e. The van der Waals surface area contributed by atoms with Gasteiger partial charge in [0.25, 0.3) is 0 Å². The number of carbonyl (C=O) groups excluding carboxylic acids is 1. The zero-order valence-corrected chi connectivity index (χ0v) is 10.6. The second-order valence-electron chi connectivity index (χ2n) is 4.55. The first-order valence-electron chi connectivity index (χ1n) is 6.21. The van der Waals surface area contributed by atoms with Crippen LogP contribution in [0.4, 0.5) is 0 Å². The Bertz CT molecular complexity index is 372. The van der Waals surface area contributed by atoms with E-state index in [4.69, 9.17) is 11.6 Å². The third-order valence-corrected chi connectivity index (χ3v) is 3.41. The number of nitrogens with one attached hydrogen (secondary N) is 1. The van der Waals surface area contributed by atoms with E-state index in [0.717, 1.165) is 12.8 Å². The van der Waals surface area contributed by atoms with Gasteiger partial charge in [0.1, 0.15) is 0 Å². The van der Waals surface area contributed by atoms with E-state index >= 15 is 0 Å². The van der Waals surface area contributed by atoms with E-state index in [-0.39, 0.29) is 11.8 Å². The second kappa shape index (κ2) is 6.05. The molecule has 1 aromatic heterocycles. The fourth-order valence-corrected chi connectivity index (χ4v) is 2.42. The van der Waals surface area contributed by atoms with Gasteiger partial charge in [-0.25, -0.2) is 0 Å². The zero-order valence-electron chi connectivity index (χ0n) is 9.86. The highest BCUT2D eigenvalue weighted by Gasteiger charge is 2.20. The molecule has 5 heteroatoms. The van der Waals surface area contributed by atoms with Crippen LogP contribution < -0.4 is 5.32 Å². The Balaban J connectivity index is 1.69. The number of hydrogen-bond acceptors (Lipinski definition) is 2. The Morgan fingerprint density at radius 1 is 1.47 bits per heavy atom. The van der Waals surface area contributed by atoms with Crippen LogP contribution >= 0.6 is 11.6 Å². The van der Waals surface area contributed by atoms with Gasteiger partial charge in [0, 0.05) is 18.7 Å². The van der Waals surface area contributed by atoms with Crippen molar-refractivity contribution in [2.24, 2.45) is 5.92 Å². The summed E-state index contributed by atoms with van der Waals surface area (Å²) in [7, 11) is 0. The van der Waals surface area contributed by atoms with Crippen LogP contribution in [0, 0.1) is 5.92 Å². The molecule has 0 unspecified atom stereocenters. The maximum atomic E-state index is 11.8. The number of aromatic nitrogens is 2. The second-order valence-corrected chi connectivity index (χ2v) is 4.98. The van der Waals surface area contributed by atoms with Crippen LogP contribution in [0.2, 0.25) is 5.02 Å². The molecule has 0 atom stereocenters. The van der Waals surface area contributed by atoms with E-state index in [0.29, 0.717) is 18.1 Å². The molecule has 1 aliphatic rings. The Labute approximate surface area is 106 Å². The molecule has 1 aromatic rings. The maximum absolute atomic E-state index is 11.8. The highest BCUT2D eigenvalue weighted by molar-refractivity contribution is 6.30. The van der Waals surface area contributed by atoms with Crippen molar-refractivity contribution >= 4 is 17.5 Å². The molecule has 94 valence electrons. The van der Waals surface area contributed by atoms with Gasteiger partial charge in [-0.3, -0.25) is 9.48 Å². The topological polar surface area (TPSA) is 46.9 Å². The molecule has 1 saturated carbocycles. The van der Waals surface area contributed by atoms with E-state index in [1.54, 1.807) is 17.1 Å². The molecule has 1 N–H and O–H groups in total. The highest BCUT2D eigenvalue weighted by Crippen LogP contribution is 2.23. The zero-order chi connectivity index (χ0) is 12.1. The minimum absolute atomic E-state index is 0.197. The summed E-state index contributed by atoms with van der Waals surface area (Å²) < 4.78 is 1.74. The molecule has 2 rings (SSSR count). The van der Waals surface area contributed by atoms with E-state index in [1.165, 1.54) is 19.3 Å². The summed E-state index contributed by atoms with van der Waals surface area (Å²) in [5.41, 5.74) is 0. The lowest BCUT2D eigenvalue weighted by Gasteiger charge is -2.20. The molecule has 1 amide bonds. The van der Waals surface area contributed by atoms with Crippen LogP contribution in [0.1, 0.15) is 32.1 Å². The van der Waals surface area contributed by atoms with Gasteiger partial charge in [-0.1, -0.05) is 30.9 Å². The average molecular weight is 256 g/mol. The van der Waals surface area contributed by atoms with Crippen molar-refractivity contribution in [2.75, 3.05) is 6.54 Å². The normalized spacial score (nSPS) is 17.0.